The Hall–Kier alpha value is -1.02. The van der Waals surface area contributed by atoms with Crippen molar-refractivity contribution in [2.24, 2.45) is 0 Å². The van der Waals surface area contributed by atoms with E-state index in [1.807, 2.05) is 42.5 Å². The monoisotopic (exact) mass is 308 g/mol. The number of hydrogen-bond acceptors (Lipinski definition) is 1. The van der Waals surface area contributed by atoms with Crippen LogP contribution < -0.4 is 0 Å². The molecule has 0 aromatic heterocycles. The van der Waals surface area contributed by atoms with Gasteiger partial charge in [-0.15, -0.1) is 0 Å². The van der Waals surface area contributed by atoms with E-state index in [0.29, 0.717) is 22.9 Å². The van der Waals surface area contributed by atoms with Crippen molar-refractivity contribution in [3.8, 4) is 0 Å². The van der Waals surface area contributed by atoms with Crippen LogP contribution in [-0.4, -0.2) is 5.11 Å². The van der Waals surface area contributed by atoms with Crippen LogP contribution in [0.2, 0.25) is 10.0 Å². The number of hydrogen-bond donors (Lipinski definition) is 1. The molecule has 1 atom stereocenters. The summed E-state index contributed by atoms with van der Waals surface area (Å²) in [5, 5.41) is 12.1. The van der Waals surface area contributed by atoms with Gasteiger partial charge in [0.2, 0.25) is 0 Å². The van der Waals surface area contributed by atoms with Gasteiger partial charge in [0.1, 0.15) is 0 Å². The zero-order valence-corrected chi connectivity index (χ0v) is 13.0. The molecule has 0 spiro atoms. The molecule has 2 rings (SSSR count). The largest absolute Gasteiger partial charge is 0.385 e. The first-order valence-electron chi connectivity index (χ1n) is 6.77. The minimum atomic E-state index is -0.912. The third-order valence-electron chi connectivity index (χ3n) is 3.49. The Labute approximate surface area is 130 Å². The average molecular weight is 309 g/mol. The highest BCUT2D eigenvalue weighted by Crippen LogP contribution is 2.35. The summed E-state index contributed by atoms with van der Waals surface area (Å²) in [5.41, 5.74) is 0.876. The van der Waals surface area contributed by atoms with Crippen LogP contribution in [0.5, 0.6) is 0 Å². The lowest BCUT2D eigenvalue weighted by Crippen LogP contribution is -2.28. The van der Waals surface area contributed by atoms with E-state index in [-0.39, 0.29) is 0 Å². The molecule has 0 aliphatic rings. The molecule has 2 aromatic carbocycles. The molecule has 0 bridgehead atoms. The number of benzene rings is 2. The molecule has 3 heteroatoms. The summed E-state index contributed by atoms with van der Waals surface area (Å²) in [7, 11) is 0. The lowest BCUT2D eigenvalue weighted by Gasteiger charge is -2.29. The van der Waals surface area contributed by atoms with Gasteiger partial charge in [0, 0.05) is 6.42 Å². The highest BCUT2D eigenvalue weighted by Gasteiger charge is 2.29. The highest BCUT2D eigenvalue weighted by molar-refractivity contribution is 6.42. The van der Waals surface area contributed by atoms with Gasteiger partial charge in [-0.05, 0) is 23.6 Å². The van der Waals surface area contributed by atoms with Crippen molar-refractivity contribution in [3.05, 3.63) is 69.7 Å². The second-order valence-electron chi connectivity index (χ2n) is 5.04. The summed E-state index contributed by atoms with van der Waals surface area (Å²) < 4.78 is 0. The molecule has 1 unspecified atom stereocenters. The van der Waals surface area contributed by atoms with E-state index in [1.54, 1.807) is 6.07 Å². The Bertz CT molecular complexity index is 568. The minimum absolute atomic E-state index is 0.463. The molecule has 0 saturated carbocycles. The topological polar surface area (TPSA) is 20.2 Å². The van der Waals surface area contributed by atoms with Gasteiger partial charge in [-0.3, -0.25) is 0 Å². The lowest BCUT2D eigenvalue weighted by molar-refractivity contribution is 0.0269. The Morgan fingerprint density at radius 2 is 1.70 bits per heavy atom. The molecule has 1 nitrogen and oxygen atoms in total. The van der Waals surface area contributed by atoms with Crippen LogP contribution in [0.4, 0.5) is 0 Å². The maximum Gasteiger partial charge on any atom is 0.0937 e. The van der Waals surface area contributed by atoms with E-state index in [9.17, 15) is 5.11 Å². The molecule has 106 valence electrons. The maximum atomic E-state index is 11.0. The first kappa shape index (κ1) is 15.4. The van der Waals surface area contributed by atoms with E-state index >= 15 is 0 Å². The molecule has 0 heterocycles. The van der Waals surface area contributed by atoms with Crippen molar-refractivity contribution in [2.75, 3.05) is 0 Å². The minimum Gasteiger partial charge on any atom is -0.385 e. The van der Waals surface area contributed by atoms with Crippen LogP contribution in [0.1, 0.15) is 30.9 Å². The van der Waals surface area contributed by atoms with Gasteiger partial charge < -0.3 is 5.11 Å². The van der Waals surface area contributed by atoms with Crippen LogP contribution >= 0.6 is 23.2 Å². The summed E-state index contributed by atoms with van der Waals surface area (Å²) >= 11 is 12.3. The summed E-state index contributed by atoms with van der Waals surface area (Å²) in [5.74, 6) is 0. The predicted molar refractivity (Wildman–Crippen MR) is 85.4 cm³/mol. The van der Waals surface area contributed by atoms with Crippen molar-refractivity contribution < 1.29 is 5.11 Å². The fourth-order valence-electron chi connectivity index (χ4n) is 2.50. The van der Waals surface area contributed by atoms with Gasteiger partial charge in [0.15, 0.2) is 0 Å². The zero-order chi connectivity index (χ0) is 14.6. The molecule has 0 amide bonds. The standard InChI is InChI=1S/C17H18Cl2O/c1-2-11-17(20,14-8-4-3-5-9-14)12-13-7-6-10-15(18)16(13)19/h3-10,20H,2,11-12H2,1H3. The Morgan fingerprint density at radius 1 is 1.00 bits per heavy atom. The van der Waals surface area contributed by atoms with Crippen molar-refractivity contribution in [2.45, 2.75) is 31.8 Å². The van der Waals surface area contributed by atoms with E-state index in [0.717, 1.165) is 17.5 Å². The Morgan fingerprint density at radius 3 is 2.35 bits per heavy atom. The van der Waals surface area contributed by atoms with Gasteiger partial charge in [-0.1, -0.05) is 79.0 Å². The molecule has 0 saturated heterocycles. The van der Waals surface area contributed by atoms with E-state index in [4.69, 9.17) is 23.2 Å². The number of aliphatic hydroxyl groups is 1. The number of halogens is 2. The van der Waals surface area contributed by atoms with Crippen molar-refractivity contribution in [1.82, 2.24) is 0 Å². The SMILES string of the molecule is CCCC(O)(Cc1cccc(Cl)c1Cl)c1ccccc1. The van der Waals surface area contributed by atoms with Gasteiger partial charge in [0.05, 0.1) is 15.6 Å². The van der Waals surface area contributed by atoms with E-state index in [1.165, 1.54) is 0 Å². The van der Waals surface area contributed by atoms with Crippen molar-refractivity contribution in [3.63, 3.8) is 0 Å². The second-order valence-corrected chi connectivity index (χ2v) is 5.82. The normalized spacial score (nSPS) is 14.0. The Balaban J connectivity index is 2.37. The summed E-state index contributed by atoms with van der Waals surface area (Å²) in [6.45, 7) is 2.06. The van der Waals surface area contributed by atoms with Gasteiger partial charge in [0.25, 0.3) is 0 Å². The molecule has 2 aromatic rings. The first-order valence-corrected chi connectivity index (χ1v) is 7.53. The third-order valence-corrected chi connectivity index (χ3v) is 4.35. The second kappa shape index (κ2) is 6.62. The highest BCUT2D eigenvalue weighted by atomic mass is 35.5. The average Bonchev–Trinajstić information content (AvgIpc) is 2.45. The van der Waals surface area contributed by atoms with Gasteiger partial charge >= 0.3 is 0 Å². The first-order chi connectivity index (χ1) is 9.57. The zero-order valence-electron chi connectivity index (χ0n) is 11.4. The predicted octanol–water partition coefficient (Wildman–Crippen LogP) is 5.22. The van der Waals surface area contributed by atoms with Gasteiger partial charge in [-0.2, -0.15) is 0 Å². The molecular formula is C17H18Cl2O. The van der Waals surface area contributed by atoms with Gasteiger partial charge in [-0.25, -0.2) is 0 Å². The fourth-order valence-corrected chi connectivity index (χ4v) is 2.88. The number of rotatable bonds is 5. The molecule has 1 N–H and O–H groups in total. The smallest absolute Gasteiger partial charge is 0.0937 e. The molecule has 0 radical (unpaired) electrons. The van der Waals surface area contributed by atoms with E-state index in [2.05, 4.69) is 6.92 Å². The van der Waals surface area contributed by atoms with Crippen LogP contribution in [0.3, 0.4) is 0 Å². The quantitative estimate of drug-likeness (QED) is 0.802. The molecule has 20 heavy (non-hydrogen) atoms. The van der Waals surface area contributed by atoms with Crippen LogP contribution in [-0.2, 0) is 12.0 Å². The fraction of sp³-hybridized carbons (Fsp3) is 0.294. The molecule has 0 aliphatic carbocycles. The Kier molecular flexibility index (Phi) is 5.09. The summed E-state index contributed by atoms with van der Waals surface area (Å²) in [4.78, 5) is 0. The molecular weight excluding hydrogens is 291 g/mol. The summed E-state index contributed by atoms with van der Waals surface area (Å²) in [6.07, 6.45) is 2.04. The van der Waals surface area contributed by atoms with Crippen LogP contribution in [0.25, 0.3) is 0 Å². The molecule has 0 aliphatic heterocycles. The lowest BCUT2D eigenvalue weighted by atomic mass is 9.83. The third kappa shape index (κ3) is 3.35. The molecule has 0 fully saturated rings. The maximum absolute atomic E-state index is 11.0. The van der Waals surface area contributed by atoms with Crippen molar-refractivity contribution in [1.29, 1.82) is 0 Å². The van der Waals surface area contributed by atoms with Crippen molar-refractivity contribution >= 4 is 23.2 Å². The summed E-state index contributed by atoms with van der Waals surface area (Å²) in [6, 6.07) is 15.3. The van der Waals surface area contributed by atoms with Crippen LogP contribution in [0.15, 0.2) is 48.5 Å². The van der Waals surface area contributed by atoms with Crippen LogP contribution in [0, 0.1) is 0 Å². The van der Waals surface area contributed by atoms with E-state index < -0.39 is 5.60 Å².